The molecular formula is C8H5N3OS. The molecule has 1 aromatic rings. The standard InChI is InChI=1S/C8H5N3OS/c1-11-8(12)7-6(3-10)5(2-9)4-13-7/h4H,1H3,(H,11,12). The van der Waals surface area contributed by atoms with E-state index in [4.69, 9.17) is 10.5 Å². The summed E-state index contributed by atoms with van der Waals surface area (Å²) in [4.78, 5) is 11.5. The summed E-state index contributed by atoms with van der Waals surface area (Å²) in [6, 6.07) is 3.69. The first-order chi connectivity index (χ1) is 6.24. The van der Waals surface area contributed by atoms with Gasteiger partial charge in [-0.25, -0.2) is 0 Å². The van der Waals surface area contributed by atoms with E-state index in [1.54, 1.807) is 0 Å². The second-order valence-electron chi connectivity index (χ2n) is 2.16. The van der Waals surface area contributed by atoms with Crippen LogP contribution in [0, 0.1) is 22.7 Å². The highest BCUT2D eigenvalue weighted by atomic mass is 32.1. The van der Waals surface area contributed by atoms with Crippen molar-refractivity contribution in [2.45, 2.75) is 0 Å². The maximum Gasteiger partial charge on any atom is 0.262 e. The van der Waals surface area contributed by atoms with Crippen LogP contribution < -0.4 is 5.32 Å². The van der Waals surface area contributed by atoms with E-state index in [1.165, 1.54) is 12.4 Å². The molecule has 1 amide bonds. The molecule has 0 radical (unpaired) electrons. The van der Waals surface area contributed by atoms with Crippen LogP contribution in [0.4, 0.5) is 0 Å². The van der Waals surface area contributed by atoms with Gasteiger partial charge in [-0.3, -0.25) is 4.79 Å². The number of hydrogen-bond donors (Lipinski definition) is 1. The maximum absolute atomic E-state index is 11.2. The third-order valence-electron chi connectivity index (χ3n) is 1.46. The van der Waals surface area contributed by atoms with Crippen molar-refractivity contribution < 1.29 is 4.79 Å². The van der Waals surface area contributed by atoms with Crippen molar-refractivity contribution in [2.75, 3.05) is 7.05 Å². The lowest BCUT2D eigenvalue weighted by Gasteiger charge is -1.94. The van der Waals surface area contributed by atoms with Crippen molar-refractivity contribution in [2.24, 2.45) is 0 Å². The highest BCUT2D eigenvalue weighted by Gasteiger charge is 2.16. The molecule has 0 aliphatic carbocycles. The second-order valence-corrected chi connectivity index (χ2v) is 3.04. The lowest BCUT2D eigenvalue weighted by molar-refractivity contribution is 0.0967. The SMILES string of the molecule is CNC(=O)c1scc(C#N)c1C#N. The molecule has 0 atom stereocenters. The van der Waals surface area contributed by atoms with E-state index in [0.29, 0.717) is 4.88 Å². The average Bonchev–Trinajstić information content (AvgIpc) is 2.58. The number of nitriles is 2. The normalized spacial score (nSPS) is 8.54. The van der Waals surface area contributed by atoms with Gasteiger partial charge in [-0.15, -0.1) is 11.3 Å². The number of carbonyl (C=O) groups excluding carboxylic acids is 1. The van der Waals surface area contributed by atoms with Gasteiger partial charge in [0.1, 0.15) is 17.0 Å². The summed E-state index contributed by atoms with van der Waals surface area (Å²) in [6.07, 6.45) is 0. The van der Waals surface area contributed by atoms with Gasteiger partial charge >= 0.3 is 0 Å². The lowest BCUT2D eigenvalue weighted by atomic mass is 10.2. The Kier molecular flexibility index (Phi) is 2.63. The number of nitrogens with one attached hydrogen (secondary N) is 1. The highest BCUT2D eigenvalue weighted by Crippen LogP contribution is 2.20. The fourth-order valence-electron chi connectivity index (χ4n) is 0.832. The van der Waals surface area contributed by atoms with Gasteiger partial charge < -0.3 is 5.32 Å². The van der Waals surface area contributed by atoms with Crippen LogP contribution in [0.5, 0.6) is 0 Å². The number of hydrogen-bond acceptors (Lipinski definition) is 4. The number of nitrogens with zero attached hydrogens (tertiary/aromatic N) is 2. The van der Waals surface area contributed by atoms with Crippen molar-refractivity contribution in [1.29, 1.82) is 10.5 Å². The molecular weight excluding hydrogens is 186 g/mol. The Morgan fingerprint density at radius 3 is 2.69 bits per heavy atom. The van der Waals surface area contributed by atoms with Gasteiger partial charge in [0.2, 0.25) is 0 Å². The predicted octanol–water partition coefficient (Wildman–Crippen LogP) is 0.851. The third kappa shape index (κ3) is 1.51. The molecule has 64 valence electrons. The quantitative estimate of drug-likeness (QED) is 0.714. The molecule has 0 spiro atoms. The molecule has 5 heteroatoms. The third-order valence-corrected chi connectivity index (χ3v) is 2.44. The van der Waals surface area contributed by atoms with Crippen LogP contribution in [-0.2, 0) is 0 Å². The Bertz CT molecular complexity index is 422. The fraction of sp³-hybridized carbons (Fsp3) is 0.125. The lowest BCUT2D eigenvalue weighted by Crippen LogP contribution is -2.17. The van der Waals surface area contributed by atoms with Crippen molar-refractivity contribution in [3.8, 4) is 12.1 Å². The molecule has 1 N–H and O–H groups in total. The summed E-state index contributed by atoms with van der Waals surface area (Å²) in [5, 5.41) is 21.2. The van der Waals surface area contributed by atoms with Crippen LogP contribution in [-0.4, -0.2) is 13.0 Å². The zero-order valence-electron chi connectivity index (χ0n) is 6.79. The minimum Gasteiger partial charge on any atom is -0.354 e. The molecule has 0 fully saturated rings. The predicted molar refractivity (Wildman–Crippen MR) is 47.1 cm³/mol. The first-order valence-corrected chi connectivity index (χ1v) is 4.26. The topological polar surface area (TPSA) is 76.7 Å². The van der Waals surface area contributed by atoms with E-state index in [2.05, 4.69) is 5.32 Å². The van der Waals surface area contributed by atoms with Crippen molar-refractivity contribution in [1.82, 2.24) is 5.32 Å². The van der Waals surface area contributed by atoms with Crippen LogP contribution >= 0.6 is 11.3 Å². The molecule has 0 aromatic carbocycles. The summed E-state index contributed by atoms with van der Waals surface area (Å²) in [5.41, 5.74) is 0.415. The van der Waals surface area contributed by atoms with E-state index in [-0.39, 0.29) is 17.0 Å². The Labute approximate surface area is 79.0 Å². The van der Waals surface area contributed by atoms with Gasteiger partial charge in [0, 0.05) is 12.4 Å². The Hall–Kier alpha value is -1.85. The molecule has 1 rings (SSSR count). The Balaban J connectivity index is 3.27. The molecule has 0 aliphatic rings. The fourth-order valence-corrected chi connectivity index (χ4v) is 1.72. The van der Waals surface area contributed by atoms with Crippen molar-refractivity contribution >= 4 is 17.2 Å². The number of amides is 1. The minimum atomic E-state index is -0.331. The number of thiophene rings is 1. The Morgan fingerprint density at radius 1 is 1.54 bits per heavy atom. The van der Waals surface area contributed by atoms with E-state index >= 15 is 0 Å². The van der Waals surface area contributed by atoms with Gasteiger partial charge in [0.15, 0.2) is 0 Å². The molecule has 0 saturated carbocycles. The van der Waals surface area contributed by atoms with Crippen molar-refractivity contribution in [3.63, 3.8) is 0 Å². The summed E-state index contributed by atoms with van der Waals surface area (Å²) < 4.78 is 0. The molecule has 4 nitrogen and oxygen atoms in total. The molecule has 0 aliphatic heterocycles. The largest absolute Gasteiger partial charge is 0.354 e. The minimum absolute atomic E-state index is 0.159. The molecule has 13 heavy (non-hydrogen) atoms. The van der Waals surface area contributed by atoms with Gasteiger partial charge in [-0.2, -0.15) is 10.5 Å². The van der Waals surface area contributed by atoms with E-state index in [0.717, 1.165) is 11.3 Å². The summed E-state index contributed by atoms with van der Waals surface area (Å²) >= 11 is 1.10. The zero-order valence-corrected chi connectivity index (χ0v) is 7.60. The summed E-state index contributed by atoms with van der Waals surface area (Å²) in [7, 11) is 1.48. The van der Waals surface area contributed by atoms with Gasteiger partial charge in [0.05, 0.1) is 11.1 Å². The molecule has 1 heterocycles. The molecule has 1 aromatic heterocycles. The van der Waals surface area contributed by atoms with Crippen LogP contribution in [0.1, 0.15) is 20.8 Å². The smallest absolute Gasteiger partial charge is 0.262 e. The van der Waals surface area contributed by atoms with E-state index in [1.807, 2.05) is 12.1 Å². The number of rotatable bonds is 1. The molecule has 0 bridgehead atoms. The zero-order chi connectivity index (χ0) is 9.84. The summed E-state index contributed by atoms with van der Waals surface area (Å²) in [5.74, 6) is -0.331. The molecule has 0 saturated heterocycles. The molecule has 0 unspecified atom stereocenters. The van der Waals surface area contributed by atoms with Crippen molar-refractivity contribution in [3.05, 3.63) is 21.4 Å². The van der Waals surface area contributed by atoms with Crippen LogP contribution in [0.2, 0.25) is 0 Å². The monoisotopic (exact) mass is 191 g/mol. The van der Waals surface area contributed by atoms with Gasteiger partial charge in [0.25, 0.3) is 5.91 Å². The highest BCUT2D eigenvalue weighted by molar-refractivity contribution is 7.12. The van der Waals surface area contributed by atoms with Gasteiger partial charge in [-0.05, 0) is 0 Å². The summed E-state index contributed by atoms with van der Waals surface area (Å²) in [6.45, 7) is 0. The van der Waals surface area contributed by atoms with Crippen LogP contribution in [0.3, 0.4) is 0 Å². The van der Waals surface area contributed by atoms with Crippen LogP contribution in [0.15, 0.2) is 5.38 Å². The Morgan fingerprint density at radius 2 is 2.23 bits per heavy atom. The number of carbonyl (C=O) groups is 1. The van der Waals surface area contributed by atoms with E-state index < -0.39 is 0 Å². The second kappa shape index (κ2) is 3.70. The average molecular weight is 191 g/mol. The van der Waals surface area contributed by atoms with Gasteiger partial charge in [-0.1, -0.05) is 0 Å². The van der Waals surface area contributed by atoms with E-state index in [9.17, 15) is 4.79 Å². The first kappa shape index (κ1) is 9.24. The first-order valence-electron chi connectivity index (χ1n) is 3.38. The van der Waals surface area contributed by atoms with Crippen LogP contribution in [0.25, 0.3) is 0 Å². The maximum atomic E-state index is 11.2.